The minimum Gasteiger partial charge on any atom is -0.365 e. The molecule has 1 atom stereocenters. The Hall–Kier alpha value is -2.18. The second-order valence-corrected chi connectivity index (χ2v) is 7.43. The number of fused-ring (bicyclic) bond motifs is 3. The maximum atomic E-state index is 11.9. The molecule has 1 unspecified atom stereocenters. The quantitative estimate of drug-likeness (QED) is 0.339. The number of rotatable bonds is 8. The number of ether oxygens (including phenoxy) is 1. The molecule has 0 spiro atoms. The van der Waals surface area contributed by atoms with Crippen LogP contribution >= 0.6 is 11.6 Å². The number of pyridine rings is 1. The number of unbranched alkanes of at least 4 members (excludes halogenated alkanes) is 5. The van der Waals surface area contributed by atoms with Crippen LogP contribution in [0, 0.1) is 0 Å². The fourth-order valence-corrected chi connectivity index (χ4v) is 3.88. The molecule has 0 aliphatic carbocycles. The Labute approximate surface area is 198 Å². The van der Waals surface area contributed by atoms with Crippen molar-refractivity contribution in [1.29, 1.82) is 0 Å². The Bertz CT molecular complexity index is 1210. The molecule has 1 aromatic heterocycles. The van der Waals surface area contributed by atoms with Crippen molar-refractivity contribution in [3.8, 4) is 0 Å². The van der Waals surface area contributed by atoms with Gasteiger partial charge in [-0.05, 0) is 18.6 Å². The Morgan fingerprint density at radius 2 is 1.74 bits per heavy atom. The first-order chi connectivity index (χ1) is 14.7. The van der Waals surface area contributed by atoms with Gasteiger partial charge in [0.25, 0.3) is 0 Å². The Morgan fingerprint density at radius 1 is 1.03 bits per heavy atom. The van der Waals surface area contributed by atoms with Crippen LogP contribution in [0.4, 0.5) is 5.69 Å². The van der Waals surface area contributed by atoms with Crippen LogP contribution in [-0.4, -0.2) is 40.7 Å². The van der Waals surface area contributed by atoms with E-state index in [1.54, 1.807) is 24.0 Å². The standard InChI is InChI=1S/C23H21ClN2O4.Re/c1-2-3-4-5-6-7-11-30-22-18(14-29)19-17(13-28)16(12-27)15-9-8-10-25-20(15)21(19)26-23(22)24;/h8-10,22H,2-7,11H2,1H3;. The maximum Gasteiger partial charge on any atom is 0.146 e. The summed E-state index contributed by atoms with van der Waals surface area (Å²) in [4.78, 5) is 43.9. The predicted octanol–water partition coefficient (Wildman–Crippen LogP) is 2.48. The average Bonchev–Trinajstić information content (AvgIpc) is 2.77. The molecule has 3 rings (SSSR count). The number of aromatic nitrogens is 1. The number of hydrogen-bond donors (Lipinski definition) is 0. The second-order valence-electron chi connectivity index (χ2n) is 7.05. The van der Waals surface area contributed by atoms with E-state index < -0.39 is 6.10 Å². The van der Waals surface area contributed by atoms with Crippen molar-refractivity contribution in [2.45, 2.75) is 51.6 Å². The summed E-state index contributed by atoms with van der Waals surface area (Å²) >= 11 is 6.36. The van der Waals surface area contributed by atoms with Crippen molar-refractivity contribution >= 4 is 56.8 Å². The number of nitrogens with zero attached hydrogens (tertiary/aromatic N) is 2. The fraction of sp³-hybridized carbons (Fsp3) is 0.391. The molecular weight excluding hydrogens is 590 g/mol. The first-order valence-electron chi connectivity index (χ1n) is 9.99. The normalized spacial score (nSPS) is 14.7. The van der Waals surface area contributed by atoms with Gasteiger partial charge in [-0.15, -0.1) is 0 Å². The van der Waals surface area contributed by atoms with Crippen molar-refractivity contribution in [2.75, 3.05) is 6.61 Å². The molecule has 0 fully saturated rings. The van der Waals surface area contributed by atoms with Crippen LogP contribution in [0.25, 0.3) is 16.5 Å². The number of aliphatic imine (C=N–C) groups is 1. The minimum atomic E-state index is -0.958. The van der Waals surface area contributed by atoms with Gasteiger partial charge in [-0.3, -0.25) is 4.98 Å². The third-order valence-electron chi connectivity index (χ3n) is 5.10. The van der Waals surface area contributed by atoms with E-state index >= 15 is 0 Å². The van der Waals surface area contributed by atoms with Crippen molar-refractivity contribution in [3.05, 3.63) is 34.3 Å². The fourth-order valence-electron chi connectivity index (χ4n) is 3.63. The van der Waals surface area contributed by atoms with E-state index in [0.717, 1.165) is 19.3 Å². The second kappa shape index (κ2) is 12.0. The van der Waals surface area contributed by atoms with Gasteiger partial charge in [0.1, 0.15) is 34.8 Å². The molecule has 1 aliphatic heterocycles. The summed E-state index contributed by atoms with van der Waals surface area (Å²) in [7, 11) is 0. The molecule has 2 aromatic rings. The van der Waals surface area contributed by atoms with E-state index in [2.05, 4.69) is 16.9 Å². The molecule has 1 aliphatic rings. The zero-order valence-corrected chi connectivity index (χ0v) is 20.5. The van der Waals surface area contributed by atoms with Crippen molar-refractivity contribution in [2.24, 2.45) is 4.99 Å². The summed E-state index contributed by atoms with van der Waals surface area (Å²) in [6.45, 7) is 2.54. The molecular formula is C23H21ClN2O4Re. The molecule has 0 saturated heterocycles. The molecule has 1 aromatic carbocycles. The SMILES string of the molecule is CCCCCCCCOC1C(=C=O)c2c(c3ncccc3c(=C=O)c2=C=O)N=C1Cl.[Re]. The summed E-state index contributed by atoms with van der Waals surface area (Å²) in [6.07, 6.45) is 7.06. The minimum absolute atomic E-state index is 0. The van der Waals surface area contributed by atoms with Crippen LogP contribution in [0.1, 0.15) is 51.0 Å². The first kappa shape index (κ1) is 25.1. The number of halogens is 1. The van der Waals surface area contributed by atoms with E-state index in [1.165, 1.54) is 25.5 Å². The molecule has 0 amide bonds. The van der Waals surface area contributed by atoms with E-state index in [9.17, 15) is 14.4 Å². The molecule has 1 radical (unpaired) electrons. The van der Waals surface area contributed by atoms with Gasteiger partial charge in [-0.2, -0.15) is 0 Å². The molecule has 2 heterocycles. The molecule has 8 heteroatoms. The van der Waals surface area contributed by atoms with E-state index in [4.69, 9.17) is 16.3 Å². The Morgan fingerprint density at radius 3 is 2.42 bits per heavy atom. The van der Waals surface area contributed by atoms with Crippen molar-refractivity contribution in [1.82, 2.24) is 4.98 Å². The molecule has 0 N–H and O–H groups in total. The predicted molar refractivity (Wildman–Crippen MR) is 116 cm³/mol. The number of hydrogen-bond acceptors (Lipinski definition) is 6. The molecule has 0 saturated carbocycles. The zero-order valence-electron chi connectivity index (χ0n) is 17.0. The van der Waals surface area contributed by atoms with Gasteiger partial charge >= 0.3 is 0 Å². The van der Waals surface area contributed by atoms with Crippen LogP contribution < -0.4 is 10.4 Å². The van der Waals surface area contributed by atoms with E-state index in [-0.39, 0.29) is 52.9 Å². The largest absolute Gasteiger partial charge is 0.365 e. The molecule has 6 nitrogen and oxygen atoms in total. The summed E-state index contributed by atoms with van der Waals surface area (Å²) in [5.74, 6) is 5.36. The van der Waals surface area contributed by atoms with Crippen LogP contribution in [-0.2, 0) is 39.5 Å². The van der Waals surface area contributed by atoms with Gasteiger partial charge in [0.2, 0.25) is 0 Å². The van der Waals surface area contributed by atoms with Crippen LogP contribution in [0.3, 0.4) is 0 Å². The van der Waals surface area contributed by atoms with Crippen molar-refractivity contribution in [3.63, 3.8) is 0 Å². The molecule has 0 bridgehead atoms. The van der Waals surface area contributed by atoms with Gasteiger partial charge in [-0.25, -0.2) is 19.4 Å². The Balaban J connectivity index is 0.00000341. The molecule has 161 valence electrons. The summed E-state index contributed by atoms with van der Waals surface area (Å²) in [5.41, 5.74) is 0.705. The summed E-state index contributed by atoms with van der Waals surface area (Å²) in [6, 6.07) is 3.25. The van der Waals surface area contributed by atoms with Gasteiger partial charge < -0.3 is 4.74 Å². The van der Waals surface area contributed by atoms with Crippen LogP contribution in [0.15, 0.2) is 23.3 Å². The average molecular weight is 611 g/mol. The summed E-state index contributed by atoms with van der Waals surface area (Å²) < 4.78 is 5.84. The third-order valence-corrected chi connectivity index (χ3v) is 5.38. The van der Waals surface area contributed by atoms with Crippen LogP contribution in [0.5, 0.6) is 0 Å². The monoisotopic (exact) mass is 611 g/mol. The van der Waals surface area contributed by atoms with Gasteiger partial charge in [0.05, 0.1) is 21.5 Å². The smallest absolute Gasteiger partial charge is 0.146 e. The first-order valence-corrected chi connectivity index (χ1v) is 10.4. The third kappa shape index (κ3) is 5.18. The zero-order chi connectivity index (χ0) is 21.5. The molecule has 31 heavy (non-hydrogen) atoms. The van der Waals surface area contributed by atoms with Gasteiger partial charge in [0, 0.05) is 44.2 Å². The van der Waals surface area contributed by atoms with Gasteiger partial charge in [-0.1, -0.05) is 50.6 Å². The number of carbonyl (C=O) groups excluding carboxylic acids is 3. The maximum absolute atomic E-state index is 11.9. The summed E-state index contributed by atoms with van der Waals surface area (Å²) in [5, 5.41) is 0.301. The van der Waals surface area contributed by atoms with E-state index in [0.29, 0.717) is 17.5 Å². The van der Waals surface area contributed by atoms with Crippen molar-refractivity contribution < 1.29 is 39.5 Å². The van der Waals surface area contributed by atoms with Gasteiger partial charge in [0.15, 0.2) is 0 Å². The Kier molecular flexibility index (Phi) is 9.72. The number of benzene rings is 1. The van der Waals surface area contributed by atoms with Crippen LogP contribution in [0.2, 0.25) is 0 Å². The topological polar surface area (TPSA) is 85.7 Å². The van der Waals surface area contributed by atoms with E-state index in [1.807, 2.05) is 5.94 Å².